The van der Waals surface area contributed by atoms with Crippen LogP contribution in [0.5, 0.6) is 0 Å². The van der Waals surface area contributed by atoms with E-state index in [1.54, 1.807) is 0 Å². The van der Waals surface area contributed by atoms with Crippen LogP contribution in [0.15, 0.2) is 60.8 Å². The number of esters is 5. The van der Waals surface area contributed by atoms with E-state index in [-0.39, 0.29) is 32.1 Å². The molecule has 107 heavy (non-hydrogen) atoms. The van der Waals surface area contributed by atoms with Gasteiger partial charge in [-0.1, -0.05) is 352 Å². The Morgan fingerprint density at radius 1 is 0.215 bits per heavy atom. The van der Waals surface area contributed by atoms with Crippen molar-refractivity contribution in [3.05, 3.63) is 60.8 Å². The number of carbonyl (C=O) groups excluding carboxylic acids is 5. The molecule has 0 aromatic heterocycles. The first-order chi connectivity index (χ1) is 52.7. The van der Waals surface area contributed by atoms with Crippen molar-refractivity contribution in [2.75, 3.05) is 13.2 Å². The molecule has 11 nitrogen and oxygen atoms in total. The van der Waals surface area contributed by atoms with Gasteiger partial charge in [0.15, 0.2) is 24.4 Å². The molecule has 0 aliphatic rings. The lowest BCUT2D eigenvalue weighted by molar-refractivity contribution is -0.208. The van der Waals surface area contributed by atoms with Crippen molar-refractivity contribution in [2.45, 2.75) is 508 Å². The first-order valence-corrected chi connectivity index (χ1v) is 46.5. The fourth-order valence-electron chi connectivity index (χ4n) is 13.9. The zero-order valence-electron chi connectivity index (χ0n) is 71.0. The van der Waals surface area contributed by atoms with Crippen molar-refractivity contribution in [3.8, 4) is 0 Å². The van der Waals surface area contributed by atoms with E-state index >= 15 is 0 Å². The zero-order valence-corrected chi connectivity index (χ0v) is 71.0. The van der Waals surface area contributed by atoms with Crippen molar-refractivity contribution in [1.29, 1.82) is 0 Å². The number of carbonyl (C=O) groups is 5. The van der Waals surface area contributed by atoms with Gasteiger partial charge < -0.3 is 28.8 Å². The highest BCUT2D eigenvalue weighted by Gasteiger charge is 2.45. The zero-order chi connectivity index (χ0) is 77.7. The molecular formula is C96H174O11. The summed E-state index contributed by atoms with van der Waals surface area (Å²) in [6.07, 6.45) is 89.6. The van der Waals surface area contributed by atoms with Crippen molar-refractivity contribution in [1.82, 2.24) is 0 Å². The van der Waals surface area contributed by atoms with Crippen LogP contribution in [-0.2, 0) is 47.7 Å². The summed E-state index contributed by atoms with van der Waals surface area (Å²) in [6.45, 7) is 10.0. The third-order valence-corrected chi connectivity index (χ3v) is 21.0. The Morgan fingerprint density at radius 3 is 0.598 bits per heavy atom. The van der Waals surface area contributed by atoms with Gasteiger partial charge in [-0.2, -0.15) is 0 Å². The summed E-state index contributed by atoms with van der Waals surface area (Å²) in [5.74, 6) is -2.86. The monoisotopic (exact) mass is 1500 g/mol. The Balaban J connectivity index is 6.75. The van der Waals surface area contributed by atoms with Crippen LogP contribution in [0, 0.1) is 0 Å². The van der Waals surface area contributed by atoms with Crippen LogP contribution in [0.3, 0.4) is 0 Å². The molecule has 0 aromatic carbocycles. The second kappa shape index (κ2) is 86.0. The minimum atomic E-state index is -1.59. The van der Waals surface area contributed by atoms with Gasteiger partial charge in [0.05, 0.1) is 6.61 Å². The molecule has 0 bridgehead atoms. The van der Waals surface area contributed by atoms with Gasteiger partial charge in [0.25, 0.3) is 0 Å². The Labute approximate surface area is 661 Å². The van der Waals surface area contributed by atoms with E-state index < -0.39 is 67.5 Å². The molecule has 624 valence electrons. The number of allylic oxidation sites excluding steroid dienone is 10. The number of hydrogen-bond acceptors (Lipinski definition) is 11. The van der Waals surface area contributed by atoms with Gasteiger partial charge in [-0.25, -0.2) is 0 Å². The Kier molecular flexibility index (Phi) is 82.8. The molecule has 0 unspecified atom stereocenters. The molecule has 0 fully saturated rings. The molecule has 0 saturated carbocycles. The van der Waals surface area contributed by atoms with Crippen LogP contribution >= 0.6 is 0 Å². The molecule has 0 spiro atoms. The van der Waals surface area contributed by atoms with Gasteiger partial charge >= 0.3 is 29.8 Å². The Hall–Kier alpha value is -3.99. The standard InChI is InChI=1S/C96H174O11/c1-6-11-16-21-26-31-36-41-46-51-56-61-66-71-76-81-90(98)103-87-89(105-92(100)83-78-73-68-63-58-53-48-43-38-33-28-23-18-13-8-3)96(107-94(102)85-80-75-70-65-60-55-50-45-40-35-30-25-20-15-10-5)95(106-93(101)84-79-74-69-64-59-54-49-44-39-34-29-24-19-14-9-4)88(86-97)104-91(99)82-77-72-67-62-57-52-47-42-37-32-27-22-17-12-7-2/h41-50,88-89,95-97H,6-40,51-87H2,1-5H3/t88-,89+,95-,96-/m1/s1. The molecule has 0 heterocycles. The number of hydrogen-bond donors (Lipinski definition) is 1. The topological polar surface area (TPSA) is 152 Å². The minimum absolute atomic E-state index is 0.0359. The number of unbranched alkanes of at least 4 members (excludes halogenated alkanes) is 55. The van der Waals surface area contributed by atoms with Crippen molar-refractivity contribution < 1.29 is 52.8 Å². The van der Waals surface area contributed by atoms with Crippen molar-refractivity contribution >= 4 is 29.8 Å². The van der Waals surface area contributed by atoms with Crippen LogP contribution in [0.2, 0.25) is 0 Å². The van der Waals surface area contributed by atoms with Gasteiger partial charge in [-0.05, 0) is 161 Å². The number of aliphatic hydroxyl groups is 1. The molecule has 0 rings (SSSR count). The summed E-state index contributed by atoms with van der Waals surface area (Å²) in [4.78, 5) is 70.8. The smallest absolute Gasteiger partial charge is 0.306 e. The molecule has 4 atom stereocenters. The fourth-order valence-corrected chi connectivity index (χ4v) is 13.9. The highest BCUT2D eigenvalue weighted by atomic mass is 16.6. The SMILES string of the molecule is CCCCCCCCC=CCCCCCCCC(=O)OC[C@H](OC(=O)CCCCCCCC=CCCCCCCCC)[C@@H](OC(=O)CCCCCCCC=CCCCCCCCC)[C@H](OC(=O)CCCCCCCC=CCCCCCCCC)[C@@H](CO)OC(=O)CCCCCCCC=CCCCCCCCC. The Bertz CT molecular complexity index is 2080. The minimum Gasteiger partial charge on any atom is -0.462 e. The maximum absolute atomic E-state index is 14.4. The second-order valence-electron chi connectivity index (χ2n) is 31.5. The molecule has 0 aromatic rings. The van der Waals surface area contributed by atoms with E-state index in [1.165, 1.54) is 193 Å². The molecule has 0 amide bonds. The normalized spacial score (nSPS) is 13.1. The maximum Gasteiger partial charge on any atom is 0.306 e. The van der Waals surface area contributed by atoms with Crippen LogP contribution in [-0.4, -0.2) is 72.6 Å². The van der Waals surface area contributed by atoms with Crippen LogP contribution in [0.1, 0.15) is 484 Å². The van der Waals surface area contributed by atoms with Crippen LogP contribution < -0.4 is 0 Å². The van der Waals surface area contributed by atoms with Crippen molar-refractivity contribution in [2.24, 2.45) is 0 Å². The molecule has 0 radical (unpaired) electrons. The lowest BCUT2D eigenvalue weighted by Crippen LogP contribution is -2.54. The van der Waals surface area contributed by atoms with Crippen molar-refractivity contribution in [3.63, 3.8) is 0 Å². The first-order valence-electron chi connectivity index (χ1n) is 46.5. The molecular weight excluding hydrogens is 1330 g/mol. The number of aliphatic hydroxyl groups excluding tert-OH is 1. The van der Waals surface area contributed by atoms with E-state index in [4.69, 9.17) is 23.7 Å². The predicted molar refractivity (Wildman–Crippen MR) is 455 cm³/mol. The summed E-state index contributed by atoms with van der Waals surface area (Å²) >= 11 is 0. The second-order valence-corrected chi connectivity index (χ2v) is 31.5. The molecule has 0 aliphatic heterocycles. The summed E-state index contributed by atoms with van der Waals surface area (Å²) in [5, 5.41) is 11.3. The number of ether oxygens (including phenoxy) is 5. The average molecular weight is 1500 g/mol. The quantitative estimate of drug-likeness (QED) is 0.0268. The van der Waals surface area contributed by atoms with E-state index in [1.807, 2.05) is 0 Å². The fraction of sp³-hybridized carbons (Fsp3) is 0.844. The van der Waals surface area contributed by atoms with Gasteiger partial charge in [0.2, 0.25) is 0 Å². The summed E-state index contributed by atoms with van der Waals surface area (Å²) < 4.78 is 31.2. The van der Waals surface area contributed by atoms with Crippen LogP contribution in [0.25, 0.3) is 0 Å². The third-order valence-electron chi connectivity index (χ3n) is 21.0. The third kappa shape index (κ3) is 75.8. The predicted octanol–water partition coefficient (Wildman–Crippen LogP) is 29.4. The molecule has 0 aliphatic carbocycles. The van der Waals surface area contributed by atoms with Crippen LogP contribution in [0.4, 0.5) is 0 Å². The Morgan fingerprint density at radius 2 is 0.383 bits per heavy atom. The highest BCUT2D eigenvalue weighted by Crippen LogP contribution is 2.25. The van der Waals surface area contributed by atoms with Gasteiger partial charge in [0, 0.05) is 32.1 Å². The molecule has 1 N–H and O–H groups in total. The lowest BCUT2D eigenvalue weighted by atomic mass is 10.0. The molecule has 11 heteroatoms. The summed E-state index contributed by atoms with van der Waals surface area (Å²) in [5.41, 5.74) is 0. The van der Waals surface area contributed by atoms with E-state index in [2.05, 4.69) is 95.4 Å². The largest absolute Gasteiger partial charge is 0.462 e. The summed E-state index contributed by atoms with van der Waals surface area (Å²) in [6, 6.07) is 0. The van der Waals surface area contributed by atoms with E-state index in [0.717, 1.165) is 193 Å². The summed E-state index contributed by atoms with van der Waals surface area (Å²) in [7, 11) is 0. The first kappa shape index (κ1) is 103. The molecule has 0 saturated heterocycles. The maximum atomic E-state index is 14.4. The van der Waals surface area contributed by atoms with E-state index in [0.29, 0.717) is 32.1 Å². The number of rotatable bonds is 85. The van der Waals surface area contributed by atoms with Gasteiger partial charge in [0.1, 0.15) is 6.61 Å². The van der Waals surface area contributed by atoms with E-state index in [9.17, 15) is 29.1 Å². The lowest BCUT2D eigenvalue weighted by Gasteiger charge is -2.35. The average Bonchev–Trinajstić information content (AvgIpc) is 0.826. The van der Waals surface area contributed by atoms with Gasteiger partial charge in [-0.3, -0.25) is 24.0 Å². The van der Waals surface area contributed by atoms with Gasteiger partial charge in [-0.15, -0.1) is 0 Å². The highest BCUT2D eigenvalue weighted by molar-refractivity contribution is 5.73.